The van der Waals surface area contributed by atoms with E-state index in [1.54, 1.807) is 31.2 Å². The second-order valence-corrected chi connectivity index (χ2v) is 8.15. The number of benzene rings is 3. The topological polar surface area (TPSA) is 75.3 Å². The number of nitrogens with one attached hydrogen (secondary N) is 2. The largest absolute Gasteiger partial charge is 0.317 e. The van der Waals surface area contributed by atoms with Crippen LogP contribution >= 0.6 is 0 Å². The Bertz CT molecular complexity index is 1160. The highest BCUT2D eigenvalue weighted by Crippen LogP contribution is 2.23. The predicted molar refractivity (Wildman–Crippen MR) is 107 cm³/mol. The minimum Gasteiger partial charge on any atom is -0.317 e. The molecule has 0 saturated carbocycles. The molecule has 0 heterocycles. The van der Waals surface area contributed by atoms with Crippen molar-refractivity contribution >= 4 is 27.3 Å². The van der Waals surface area contributed by atoms with Crippen LogP contribution in [0.5, 0.6) is 0 Å². The van der Waals surface area contributed by atoms with Crippen LogP contribution in [0.25, 0.3) is 0 Å². The molecular weight excluding hydrogens is 398 g/mol. The van der Waals surface area contributed by atoms with Gasteiger partial charge in [-0.25, -0.2) is 17.2 Å². The van der Waals surface area contributed by atoms with E-state index >= 15 is 0 Å². The van der Waals surface area contributed by atoms with Gasteiger partial charge < -0.3 is 5.32 Å². The molecule has 2 N–H and O–H groups in total. The molecule has 3 aromatic rings. The van der Waals surface area contributed by atoms with Crippen LogP contribution in [0.15, 0.2) is 65.6 Å². The first-order chi connectivity index (χ1) is 13.7. The summed E-state index contributed by atoms with van der Waals surface area (Å²) in [7, 11) is -3.98. The fourth-order valence-corrected chi connectivity index (χ4v) is 4.00. The van der Waals surface area contributed by atoms with Crippen molar-refractivity contribution in [1.29, 1.82) is 0 Å². The highest BCUT2D eigenvalue weighted by atomic mass is 32.2. The van der Waals surface area contributed by atoms with Crippen LogP contribution < -0.4 is 10.0 Å². The van der Waals surface area contributed by atoms with Crippen LogP contribution in [-0.4, -0.2) is 14.3 Å². The molecule has 0 spiro atoms. The Labute approximate surface area is 167 Å². The van der Waals surface area contributed by atoms with Crippen LogP contribution in [0.4, 0.5) is 20.2 Å². The van der Waals surface area contributed by atoms with Crippen LogP contribution in [0.2, 0.25) is 0 Å². The Morgan fingerprint density at radius 1 is 0.897 bits per heavy atom. The molecule has 0 fully saturated rings. The molecule has 29 heavy (non-hydrogen) atoms. The lowest BCUT2D eigenvalue weighted by Crippen LogP contribution is -2.18. The van der Waals surface area contributed by atoms with Crippen molar-refractivity contribution in [2.75, 3.05) is 10.0 Å². The fourth-order valence-electron chi connectivity index (χ4n) is 2.67. The molecule has 8 heteroatoms. The Morgan fingerprint density at radius 3 is 2.14 bits per heavy atom. The summed E-state index contributed by atoms with van der Waals surface area (Å²) in [6, 6.07) is 14.0. The highest BCUT2D eigenvalue weighted by molar-refractivity contribution is 7.92. The molecule has 3 aromatic carbocycles. The summed E-state index contributed by atoms with van der Waals surface area (Å²) in [5.74, 6) is -2.69. The number of halogens is 2. The molecular formula is C21H18F2N2O3S. The zero-order valence-electron chi connectivity index (χ0n) is 15.7. The van der Waals surface area contributed by atoms with Crippen molar-refractivity contribution in [2.45, 2.75) is 18.7 Å². The summed E-state index contributed by atoms with van der Waals surface area (Å²) in [5, 5.41) is 2.14. The van der Waals surface area contributed by atoms with Gasteiger partial charge in [0.1, 0.15) is 17.3 Å². The quantitative estimate of drug-likeness (QED) is 0.637. The molecule has 0 atom stereocenters. The molecule has 0 unspecified atom stereocenters. The van der Waals surface area contributed by atoms with E-state index in [1.807, 2.05) is 6.92 Å². The Morgan fingerprint density at radius 2 is 1.52 bits per heavy atom. The van der Waals surface area contributed by atoms with Crippen molar-refractivity contribution in [3.05, 3.63) is 89.0 Å². The zero-order valence-corrected chi connectivity index (χ0v) is 16.5. The van der Waals surface area contributed by atoms with E-state index in [9.17, 15) is 22.0 Å². The van der Waals surface area contributed by atoms with Gasteiger partial charge in [-0.1, -0.05) is 29.8 Å². The number of sulfonamides is 1. The summed E-state index contributed by atoms with van der Waals surface area (Å²) in [6.07, 6.45) is 0. The summed E-state index contributed by atoms with van der Waals surface area (Å²) in [5.41, 5.74) is 1.11. The van der Waals surface area contributed by atoms with Crippen LogP contribution in [-0.2, 0) is 10.0 Å². The van der Waals surface area contributed by atoms with Crippen LogP contribution in [0.3, 0.4) is 0 Å². The SMILES string of the molecule is Cc1ccc(NS(=O)(=O)c2cc(C(=O)Nc3c(F)cccc3F)ccc2C)cc1. The maximum atomic E-state index is 13.8. The predicted octanol–water partition coefficient (Wildman–Crippen LogP) is 4.63. The lowest BCUT2D eigenvalue weighted by atomic mass is 10.1. The Kier molecular flexibility index (Phi) is 5.65. The summed E-state index contributed by atoms with van der Waals surface area (Å²) in [6.45, 7) is 3.46. The number of carbonyl (C=O) groups is 1. The maximum absolute atomic E-state index is 13.8. The van der Waals surface area contributed by atoms with E-state index < -0.39 is 33.3 Å². The van der Waals surface area contributed by atoms with Gasteiger partial charge in [0.2, 0.25) is 0 Å². The smallest absolute Gasteiger partial charge is 0.262 e. The number of anilines is 2. The van der Waals surface area contributed by atoms with Crippen molar-refractivity contribution in [3.8, 4) is 0 Å². The minimum absolute atomic E-state index is 0.0532. The minimum atomic E-state index is -3.98. The standard InChI is InChI=1S/C21H18F2N2O3S/c1-13-6-10-16(11-7-13)25-29(27,28)19-12-15(9-8-14(19)2)21(26)24-20-17(22)4-3-5-18(20)23/h3-12,25H,1-2H3,(H,24,26). The van der Waals surface area contributed by atoms with E-state index in [2.05, 4.69) is 10.0 Å². The van der Waals surface area contributed by atoms with Crippen molar-refractivity contribution in [3.63, 3.8) is 0 Å². The van der Waals surface area contributed by atoms with Crippen molar-refractivity contribution in [2.24, 2.45) is 0 Å². The number of hydrogen-bond acceptors (Lipinski definition) is 3. The van der Waals surface area contributed by atoms with E-state index in [1.165, 1.54) is 24.3 Å². The molecule has 3 rings (SSSR count). The molecule has 0 aliphatic heterocycles. The number of aryl methyl sites for hydroxylation is 2. The van der Waals surface area contributed by atoms with Gasteiger partial charge in [0, 0.05) is 11.3 Å². The molecule has 0 radical (unpaired) electrons. The van der Waals surface area contributed by atoms with Gasteiger partial charge in [0.25, 0.3) is 15.9 Å². The highest BCUT2D eigenvalue weighted by Gasteiger charge is 2.20. The number of amides is 1. The van der Waals surface area contributed by atoms with Crippen molar-refractivity contribution in [1.82, 2.24) is 0 Å². The molecule has 0 bridgehead atoms. The van der Waals surface area contributed by atoms with Crippen molar-refractivity contribution < 1.29 is 22.0 Å². The monoisotopic (exact) mass is 416 g/mol. The Hall–Kier alpha value is -3.26. The second-order valence-electron chi connectivity index (χ2n) is 6.50. The first-order valence-corrected chi connectivity index (χ1v) is 10.1. The first-order valence-electron chi connectivity index (χ1n) is 8.63. The number of hydrogen-bond donors (Lipinski definition) is 2. The van der Waals surface area contributed by atoms with Gasteiger partial charge in [-0.3, -0.25) is 9.52 Å². The summed E-state index contributed by atoms with van der Waals surface area (Å²) < 4.78 is 55.6. The van der Waals surface area contributed by atoms with Gasteiger partial charge >= 0.3 is 0 Å². The number of rotatable bonds is 5. The molecule has 150 valence electrons. The summed E-state index contributed by atoms with van der Waals surface area (Å²) >= 11 is 0. The van der Waals surface area contributed by atoms with E-state index in [4.69, 9.17) is 0 Å². The fraction of sp³-hybridized carbons (Fsp3) is 0.0952. The van der Waals surface area contributed by atoms with Gasteiger partial charge in [0.15, 0.2) is 0 Å². The average Bonchev–Trinajstić information content (AvgIpc) is 2.66. The van der Waals surface area contributed by atoms with E-state index in [0.717, 1.165) is 17.7 Å². The molecule has 1 amide bonds. The first kappa shape index (κ1) is 20.5. The third kappa shape index (κ3) is 4.60. The molecule has 0 aromatic heterocycles. The third-order valence-electron chi connectivity index (χ3n) is 4.24. The zero-order chi connectivity index (χ0) is 21.2. The number of para-hydroxylation sites is 1. The lowest BCUT2D eigenvalue weighted by molar-refractivity contribution is 0.102. The average molecular weight is 416 g/mol. The van der Waals surface area contributed by atoms with Gasteiger partial charge in [-0.2, -0.15) is 0 Å². The molecule has 0 saturated heterocycles. The molecule has 0 aliphatic rings. The van der Waals surface area contributed by atoms with Gasteiger partial charge in [0.05, 0.1) is 4.90 Å². The van der Waals surface area contributed by atoms with E-state index in [-0.39, 0.29) is 10.5 Å². The molecule has 5 nitrogen and oxygen atoms in total. The van der Waals surface area contributed by atoms with Gasteiger partial charge in [-0.05, 0) is 55.8 Å². The van der Waals surface area contributed by atoms with E-state index in [0.29, 0.717) is 11.3 Å². The second kappa shape index (κ2) is 8.00. The van der Waals surface area contributed by atoms with Gasteiger partial charge in [-0.15, -0.1) is 0 Å². The van der Waals surface area contributed by atoms with Crippen LogP contribution in [0.1, 0.15) is 21.5 Å². The number of carbonyl (C=O) groups excluding carboxylic acids is 1. The third-order valence-corrected chi connectivity index (χ3v) is 5.77. The van der Waals surface area contributed by atoms with Crippen LogP contribution in [0, 0.1) is 25.5 Å². The normalized spacial score (nSPS) is 11.2. The summed E-state index contributed by atoms with van der Waals surface area (Å²) in [4.78, 5) is 12.3. The maximum Gasteiger partial charge on any atom is 0.262 e. The lowest BCUT2D eigenvalue weighted by Gasteiger charge is -2.13. The Balaban J connectivity index is 1.91. The molecule has 0 aliphatic carbocycles.